The minimum absolute atomic E-state index is 0.241. The molecule has 0 amide bonds. The molecule has 1 aromatic heterocycles. The number of carbonyl (C=O) groups excluding carboxylic acids is 1. The van der Waals surface area contributed by atoms with E-state index in [0.717, 1.165) is 65.3 Å². The predicted molar refractivity (Wildman–Crippen MR) is 170 cm³/mol. The highest BCUT2D eigenvalue weighted by molar-refractivity contribution is 5.87. The van der Waals surface area contributed by atoms with E-state index in [1.807, 2.05) is 65.8 Å². The first-order valence-corrected chi connectivity index (χ1v) is 15.3. The average Bonchev–Trinajstić information content (AvgIpc) is 2.92. The molecule has 0 radical (unpaired) electrons. The molecule has 43 heavy (non-hydrogen) atoms. The predicted octanol–water partition coefficient (Wildman–Crippen LogP) is 8.25. The highest BCUT2D eigenvalue weighted by atomic mass is 19.1. The summed E-state index contributed by atoms with van der Waals surface area (Å²) in [6.07, 6.45) is 3.35. The van der Waals surface area contributed by atoms with Crippen molar-refractivity contribution in [2.75, 3.05) is 24.6 Å². The second kappa shape index (κ2) is 13.5. The van der Waals surface area contributed by atoms with Crippen molar-refractivity contribution in [2.45, 2.75) is 92.5 Å². The van der Waals surface area contributed by atoms with Crippen molar-refractivity contribution < 1.29 is 23.4 Å². The van der Waals surface area contributed by atoms with Crippen LogP contribution in [0.3, 0.4) is 0 Å². The fourth-order valence-electron chi connectivity index (χ4n) is 5.36. The van der Waals surface area contributed by atoms with Crippen LogP contribution in [0.5, 0.6) is 5.75 Å². The molecule has 6 nitrogen and oxygen atoms in total. The summed E-state index contributed by atoms with van der Waals surface area (Å²) < 4.78 is 31.4. The maximum Gasteiger partial charge on any atom is 0.340 e. The standard InChI is InChI=1S/C36H47FN2O4/c1-24(2)42-34(40)33(43-35(4,5)6)30-23-38-25(3)31(32(30)39-20-18-36(7,8)19-21-39)27-11-15-29(16-12-27)41-22-17-26-9-13-28(37)14-10-26/h9-16,23-24,33H,17-22H2,1-8H3. The molecule has 0 N–H and O–H groups in total. The van der Waals surface area contributed by atoms with E-state index in [9.17, 15) is 9.18 Å². The van der Waals surface area contributed by atoms with Crippen LogP contribution < -0.4 is 9.64 Å². The van der Waals surface area contributed by atoms with Crippen molar-refractivity contribution in [1.82, 2.24) is 4.98 Å². The molecule has 1 atom stereocenters. The van der Waals surface area contributed by atoms with Gasteiger partial charge in [0.1, 0.15) is 11.6 Å². The molecule has 2 aromatic carbocycles. The number of rotatable bonds is 10. The molecular formula is C36H47FN2O4. The van der Waals surface area contributed by atoms with E-state index in [2.05, 4.69) is 18.7 Å². The third-order valence-electron chi connectivity index (χ3n) is 7.74. The number of hydrogen-bond acceptors (Lipinski definition) is 6. The maximum atomic E-state index is 13.5. The van der Waals surface area contributed by atoms with E-state index in [0.29, 0.717) is 13.0 Å². The molecule has 1 fully saturated rings. The lowest BCUT2D eigenvalue weighted by Crippen LogP contribution is -2.39. The largest absolute Gasteiger partial charge is 0.493 e. The van der Waals surface area contributed by atoms with Gasteiger partial charge in [-0.1, -0.05) is 38.1 Å². The van der Waals surface area contributed by atoms with Crippen LogP contribution in [0.1, 0.15) is 84.2 Å². The Morgan fingerprint density at radius 2 is 1.65 bits per heavy atom. The lowest BCUT2D eigenvalue weighted by atomic mass is 9.82. The summed E-state index contributed by atoms with van der Waals surface area (Å²) in [5, 5.41) is 0. The number of carbonyl (C=O) groups is 1. The van der Waals surface area contributed by atoms with Gasteiger partial charge in [-0.05, 0) is 95.2 Å². The molecular weight excluding hydrogens is 543 g/mol. The smallest absolute Gasteiger partial charge is 0.340 e. The number of benzene rings is 2. The van der Waals surface area contributed by atoms with Crippen LogP contribution in [-0.4, -0.2) is 42.4 Å². The van der Waals surface area contributed by atoms with Crippen LogP contribution in [0.25, 0.3) is 11.1 Å². The van der Waals surface area contributed by atoms with E-state index in [4.69, 9.17) is 19.2 Å². The number of anilines is 1. The lowest BCUT2D eigenvalue weighted by Gasteiger charge is -2.41. The second-order valence-corrected chi connectivity index (χ2v) is 13.5. The van der Waals surface area contributed by atoms with Gasteiger partial charge in [-0.15, -0.1) is 0 Å². The van der Waals surface area contributed by atoms with Crippen LogP contribution in [-0.2, 0) is 20.7 Å². The second-order valence-electron chi connectivity index (χ2n) is 13.5. The van der Waals surface area contributed by atoms with Gasteiger partial charge in [-0.25, -0.2) is 9.18 Å². The molecule has 1 saturated heterocycles. The first-order valence-electron chi connectivity index (χ1n) is 15.3. The molecule has 0 spiro atoms. The normalized spacial score (nSPS) is 15.8. The van der Waals surface area contributed by atoms with Crippen LogP contribution in [0.15, 0.2) is 54.7 Å². The zero-order valence-corrected chi connectivity index (χ0v) is 27.0. The van der Waals surface area contributed by atoms with E-state index in [-0.39, 0.29) is 17.3 Å². The van der Waals surface area contributed by atoms with E-state index >= 15 is 0 Å². The van der Waals surface area contributed by atoms with Crippen molar-refractivity contribution in [3.8, 4) is 16.9 Å². The Labute approximate surface area is 256 Å². The Kier molecular flexibility index (Phi) is 10.2. The van der Waals surface area contributed by atoms with Crippen LogP contribution in [0.2, 0.25) is 0 Å². The number of pyridine rings is 1. The first-order chi connectivity index (χ1) is 20.2. The maximum absolute atomic E-state index is 13.5. The zero-order chi connectivity index (χ0) is 31.4. The minimum atomic E-state index is -0.923. The SMILES string of the molecule is Cc1ncc(C(OC(C)(C)C)C(=O)OC(C)C)c(N2CCC(C)(C)CC2)c1-c1ccc(OCCc2ccc(F)cc2)cc1. The Hall–Kier alpha value is -3.45. The molecule has 232 valence electrons. The molecule has 1 aliphatic heterocycles. The quantitative estimate of drug-likeness (QED) is 0.222. The van der Waals surface area contributed by atoms with Crippen molar-refractivity contribution in [1.29, 1.82) is 0 Å². The first kappa shape index (κ1) is 32.5. The number of aromatic nitrogens is 1. The number of hydrogen-bond donors (Lipinski definition) is 0. The molecule has 2 heterocycles. The van der Waals surface area contributed by atoms with Crippen molar-refractivity contribution >= 4 is 11.7 Å². The van der Waals surface area contributed by atoms with Gasteiger partial charge in [0.2, 0.25) is 0 Å². The summed E-state index contributed by atoms with van der Waals surface area (Å²) in [5.74, 6) is 0.100. The van der Waals surface area contributed by atoms with Gasteiger partial charge in [0.15, 0.2) is 6.10 Å². The number of esters is 1. The zero-order valence-electron chi connectivity index (χ0n) is 27.0. The summed E-state index contributed by atoms with van der Waals surface area (Å²) in [6, 6.07) is 14.5. The number of nitrogens with zero attached hydrogens (tertiary/aromatic N) is 2. The van der Waals surface area contributed by atoms with Crippen molar-refractivity contribution in [3.05, 3.63) is 77.4 Å². The van der Waals surface area contributed by atoms with Crippen molar-refractivity contribution in [3.63, 3.8) is 0 Å². The van der Waals surface area contributed by atoms with Crippen LogP contribution in [0, 0.1) is 18.2 Å². The Bertz CT molecular complexity index is 1370. The molecule has 0 saturated carbocycles. The minimum Gasteiger partial charge on any atom is -0.493 e. The van der Waals surface area contributed by atoms with Gasteiger partial charge < -0.3 is 19.1 Å². The third-order valence-corrected chi connectivity index (χ3v) is 7.74. The van der Waals surface area contributed by atoms with Gasteiger partial charge in [0, 0.05) is 42.5 Å². The molecule has 7 heteroatoms. The molecule has 4 rings (SSSR count). The summed E-state index contributed by atoms with van der Waals surface area (Å²) in [5.41, 5.74) is 5.24. The van der Waals surface area contributed by atoms with Crippen LogP contribution in [0.4, 0.5) is 10.1 Å². The van der Waals surface area contributed by atoms with Crippen LogP contribution >= 0.6 is 0 Å². The van der Waals surface area contributed by atoms with Crippen molar-refractivity contribution in [2.24, 2.45) is 5.41 Å². The third kappa shape index (κ3) is 8.79. The molecule has 3 aromatic rings. The molecule has 1 unspecified atom stereocenters. The van der Waals surface area contributed by atoms with Gasteiger partial charge in [0.25, 0.3) is 0 Å². The molecule has 1 aliphatic rings. The number of ether oxygens (including phenoxy) is 3. The summed E-state index contributed by atoms with van der Waals surface area (Å²) >= 11 is 0. The Morgan fingerprint density at radius 3 is 2.23 bits per heavy atom. The topological polar surface area (TPSA) is 60.9 Å². The van der Waals surface area contributed by atoms with E-state index < -0.39 is 17.7 Å². The highest BCUT2D eigenvalue weighted by Crippen LogP contribution is 2.44. The average molecular weight is 591 g/mol. The number of halogens is 1. The van der Waals surface area contributed by atoms with Gasteiger partial charge in [-0.3, -0.25) is 4.98 Å². The van der Waals surface area contributed by atoms with Gasteiger partial charge in [0.05, 0.1) is 24.0 Å². The fourth-order valence-corrected chi connectivity index (χ4v) is 5.36. The number of piperidine rings is 1. The fraction of sp³-hybridized carbons (Fsp3) is 0.500. The Balaban J connectivity index is 1.71. The van der Waals surface area contributed by atoms with Gasteiger partial charge in [-0.2, -0.15) is 0 Å². The van der Waals surface area contributed by atoms with E-state index in [1.54, 1.807) is 18.3 Å². The molecule has 0 bridgehead atoms. The number of aryl methyl sites for hydroxylation is 1. The van der Waals surface area contributed by atoms with E-state index in [1.165, 1.54) is 12.1 Å². The highest BCUT2D eigenvalue weighted by Gasteiger charge is 2.36. The summed E-state index contributed by atoms with van der Waals surface area (Å²) in [4.78, 5) is 20.7. The molecule has 0 aliphatic carbocycles. The Morgan fingerprint density at radius 1 is 1.02 bits per heavy atom. The van der Waals surface area contributed by atoms with Gasteiger partial charge >= 0.3 is 5.97 Å². The summed E-state index contributed by atoms with van der Waals surface area (Å²) in [6.45, 7) is 18.4. The summed E-state index contributed by atoms with van der Waals surface area (Å²) in [7, 11) is 0. The lowest BCUT2D eigenvalue weighted by molar-refractivity contribution is -0.171. The monoisotopic (exact) mass is 590 g/mol.